The quantitative estimate of drug-likeness (QED) is 0.707. The molecule has 1 N–H and O–H groups in total. The molecule has 1 rings (SSSR count). The minimum Gasteiger partial charge on any atom is -0.309 e. The molecule has 0 saturated carbocycles. The van der Waals surface area contributed by atoms with E-state index in [1.807, 2.05) is 0 Å². The van der Waals surface area contributed by atoms with Crippen molar-refractivity contribution >= 4 is 11.8 Å². The van der Waals surface area contributed by atoms with Crippen LogP contribution < -0.4 is 5.32 Å². The molecule has 0 aliphatic carbocycles. The van der Waals surface area contributed by atoms with Gasteiger partial charge in [-0.2, -0.15) is 11.8 Å². The van der Waals surface area contributed by atoms with Gasteiger partial charge < -0.3 is 5.32 Å². The van der Waals surface area contributed by atoms with Crippen molar-refractivity contribution in [3.63, 3.8) is 0 Å². The molecule has 2 atom stereocenters. The average Bonchev–Trinajstić information content (AvgIpc) is 2.33. The highest BCUT2D eigenvalue weighted by Gasteiger charge is 2.33. The zero-order valence-corrected chi connectivity index (χ0v) is 12.9. The Hall–Kier alpha value is 0.270. The summed E-state index contributed by atoms with van der Waals surface area (Å²) in [5.41, 5.74) is 0.334. The molecule has 0 amide bonds. The molecule has 0 bridgehead atoms. The van der Waals surface area contributed by atoms with E-state index in [4.69, 9.17) is 0 Å². The Morgan fingerprint density at radius 2 is 2.12 bits per heavy atom. The zero-order chi connectivity index (χ0) is 12.7. The summed E-state index contributed by atoms with van der Waals surface area (Å²) in [6, 6.07) is 0.761. The predicted molar refractivity (Wildman–Crippen MR) is 80.0 cm³/mol. The summed E-state index contributed by atoms with van der Waals surface area (Å²) in [6.45, 7) is 12.9. The second-order valence-corrected chi connectivity index (χ2v) is 6.80. The molecule has 0 aromatic carbocycles. The molecule has 1 fully saturated rings. The Bertz CT molecular complexity index is 210. The number of hydrogen-bond donors (Lipinski definition) is 1. The van der Waals surface area contributed by atoms with E-state index >= 15 is 0 Å². The van der Waals surface area contributed by atoms with Crippen LogP contribution in [0.2, 0.25) is 0 Å². The van der Waals surface area contributed by atoms with Crippen LogP contribution in [0.4, 0.5) is 0 Å². The van der Waals surface area contributed by atoms with Gasteiger partial charge in [-0.05, 0) is 25.5 Å². The van der Waals surface area contributed by atoms with Crippen LogP contribution in [0, 0.1) is 0 Å². The molecule has 1 heterocycles. The van der Waals surface area contributed by atoms with Crippen LogP contribution in [0.1, 0.15) is 47.0 Å². The third-order valence-corrected chi connectivity index (χ3v) is 4.84. The van der Waals surface area contributed by atoms with E-state index in [0.717, 1.165) is 6.04 Å². The van der Waals surface area contributed by atoms with Crippen LogP contribution in [-0.2, 0) is 0 Å². The van der Waals surface area contributed by atoms with Crippen molar-refractivity contribution in [2.45, 2.75) is 58.5 Å². The van der Waals surface area contributed by atoms with Crippen LogP contribution in [0.25, 0.3) is 0 Å². The molecular weight excluding hydrogens is 228 g/mol. The zero-order valence-electron chi connectivity index (χ0n) is 12.1. The third kappa shape index (κ3) is 4.80. The molecule has 102 valence electrons. The van der Waals surface area contributed by atoms with Gasteiger partial charge in [0.1, 0.15) is 0 Å². The van der Waals surface area contributed by atoms with E-state index < -0.39 is 0 Å². The molecule has 17 heavy (non-hydrogen) atoms. The highest BCUT2D eigenvalue weighted by atomic mass is 32.2. The van der Waals surface area contributed by atoms with Crippen LogP contribution in [0.15, 0.2) is 0 Å². The molecule has 2 nitrogen and oxygen atoms in total. The predicted octanol–water partition coefficient (Wildman–Crippen LogP) is 2.98. The van der Waals surface area contributed by atoms with Crippen molar-refractivity contribution in [1.82, 2.24) is 10.2 Å². The number of nitrogens with one attached hydrogen (secondary N) is 1. The monoisotopic (exact) mass is 258 g/mol. The lowest BCUT2D eigenvalue weighted by atomic mass is 9.92. The van der Waals surface area contributed by atoms with E-state index in [2.05, 4.69) is 49.7 Å². The number of thioether (sulfide) groups is 1. The smallest absolute Gasteiger partial charge is 0.0278 e. The normalized spacial score (nSPS) is 30.7. The van der Waals surface area contributed by atoms with Crippen molar-refractivity contribution in [3.05, 3.63) is 0 Å². The first kappa shape index (κ1) is 15.3. The topological polar surface area (TPSA) is 15.3 Å². The van der Waals surface area contributed by atoms with Crippen molar-refractivity contribution < 1.29 is 0 Å². The maximum absolute atomic E-state index is 3.75. The maximum Gasteiger partial charge on any atom is 0.0278 e. The minimum atomic E-state index is 0.334. The van der Waals surface area contributed by atoms with Crippen LogP contribution in [-0.4, -0.2) is 47.6 Å². The lowest BCUT2D eigenvalue weighted by molar-refractivity contribution is 0.0853. The van der Waals surface area contributed by atoms with Crippen molar-refractivity contribution in [3.8, 4) is 0 Å². The first-order valence-corrected chi connectivity index (χ1v) is 8.37. The number of piperazine rings is 1. The number of rotatable bonds is 7. The van der Waals surface area contributed by atoms with Crippen LogP contribution in [0.3, 0.4) is 0 Å². The van der Waals surface area contributed by atoms with E-state index in [9.17, 15) is 0 Å². The van der Waals surface area contributed by atoms with E-state index in [1.54, 1.807) is 0 Å². The van der Waals surface area contributed by atoms with Gasteiger partial charge in [-0.1, -0.05) is 27.2 Å². The fraction of sp³-hybridized carbons (Fsp3) is 1.00. The molecule has 0 spiro atoms. The average molecular weight is 258 g/mol. The molecule has 1 aliphatic heterocycles. The second-order valence-electron chi connectivity index (χ2n) is 5.41. The Morgan fingerprint density at radius 3 is 2.71 bits per heavy atom. The summed E-state index contributed by atoms with van der Waals surface area (Å²) >= 11 is 2.07. The Labute approximate surface area is 112 Å². The highest BCUT2D eigenvalue weighted by Crippen LogP contribution is 2.21. The number of nitrogens with zero attached hydrogens (tertiary/aromatic N) is 1. The fourth-order valence-corrected chi connectivity index (χ4v) is 3.22. The standard InChI is InChI=1S/C14H30N2S/c1-5-8-13-11-15-14(4,6-2)12-16(13)9-10-17-7-3/h13,15H,5-12H2,1-4H3. The van der Waals surface area contributed by atoms with Gasteiger partial charge in [0, 0.05) is 37.0 Å². The SMILES string of the molecule is CCCC1CNC(C)(CC)CN1CCSCC. The lowest BCUT2D eigenvalue weighted by Crippen LogP contribution is -2.62. The van der Waals surface area contributed by atoms with Crippen molar-refractivity contribution in [1.29, 1.82) is 0 Å². The van der Waals surface area contributed by atoms with Gasteiger partial charge in [0.25, 0.3) is 0 Å². The van der Waals surface area contributed by atoms with Gasteiger partial charge in [0.05, 0.1) is 0 Å². The van der Waals surface area contributed by atoms with E-state index in [1.165, 1.54) is 50.4 Å². The Balaban J connectivity index is 2.49. The summed E-state index contributed by atoms with van der Waals surface area (Å²) in [5, 5.41) is 3.75. The summed E-state index contributed by atoms with van der Waals surface area (Å²) < 4.78 is 0. The van der Waals surface area contributed by atoms with Crippen LogP contribution in [0.5, 0.6) is 0 Å². The van der Waals surface area contributed by atoms with Gasteiger partial charge in [0.15, 0.2) is 0 Å². The van der Waals surface area contributed by atoms with Gasteiger partial charge in [-0.15, -0.1) is 0 Å². The highest BCUT2D eigenvalue weighted by molar-refractivity contribution is 7.99. The van der Waals surface area contributed by atoms with Crippen molar-refractivity contribution in [2.24, 2.45) is 0 Å². The minimum absolute atomic E-state index is 0.334. The van der Waals surface area contributed by atoms with Gasteiger partial charge in [-0.25, -0.2) is 0 Å². The van der Waals surface area contributed by atoms with Crippen molar-refractivity contribution in [2.75, 3.05) is 31.1 Å². The molecular formula is C14H30N2S. The Morgan fingerprint density at radius 1 is 1.35 bits per heavy atom. The van der Waals surface area contributed by atoms with E-state index in [0.29, 0.717) is 5.54 Å². The summed E-state index contributed by atoms with van der Waals surface area (Å²) in [6.07, 6.45) is 3.86. The Kier molecular flexibility index (Phi) is 6.90. The van der Waals surface area contributed by atoms with E-state index in [-0.39, 0.29) is 0 Å². The summed E-state index contributed by atoms with van der Waals surface area (Å²) in [5.74, 6) is 2.53. The van der Waals surface area contributed by atoms with Gasteiger partial charge in [-0.3, -0.25) is 4.90 Å². The summed E-state index contributed by atoms with van der Waals surface area (Å²) in [4.78, 5) is 2.73. The second kappa shape index (κ2) is 7.65. The molecule has 1 aliphatic rings. The largest absolute Gasteiger partial charge is 0.309 e. The number of hydrogen-bond acceptors (Lipinski definition) is 3. The first-order valence-electron chi connectivity index (χ1n) is 7.22. The molecule has 0 radical (unpaired) electrons. The molecule has 0 aromatic heterocycles. The first-order chi connectivity index (χ1) is 8.15. The molecule has 0 aromatic rings. The fourth-order valence-electron chi connectivity index (χ4n) is 2.57. The third-order valence-electron chi connectivity index (χ3n) is 3.96. The molecule has 1 saturated heterocycles. The van der Waals surface area contributed by atoms with Gasteiger partial charge >= 0.3 is 0 Å². The lowest BCUT2D eigenvalue weighted by Gasteiger charge is -2.46. The molecule has 2 unspecified atom stereocenters. The summed E-state index contributed by atoms with van der Waals surface area (Å²) in [7, 11) is 0. The van der Waals surface area contributed by atoms with Crippen LogP contribution >= 0.6 is 11.8 Å². The van der Waals surface area contributed by atoms with Gasteiger partial charge in [0.2, 0.25) is 0 Å². The molecule has 3 heteroatoms. The maximum atomic E-state index is 3.75.